The second-order valence-electron chi connectivity index (χ2n) is 5.92. The standard InChI is InChI=1S/C17H11N3O3S2/c1-8-3-2-4-11-13(8)25-17-18-9(6-19(11)17)5-10-14(21)20-12(16(22)23)7-24-15(10)20/h2-7,15H,1H3,(H,22,23)/t15-/m1/s1. The third kappa shape index (κ3) is 1.95. The number of amides is 1. The smallest absolute Gasteiger partial charge is 0.353 e. The highest BCUT2D eigenvalue weighted by Crippen LogP contribution is 2.45. The molecule has 1 aromatic carbocycles. The van der Waals surface area contributed by atoms with Crippen molar-refractivity contribution in [3.63, 3.8) is 0 Å². The van der Waals surface area contributed by atoms with Gasteiger partial charge >= 0.3 is 5.97 Å². The van der Waals surface area contributed by atoms with Gasteiger partial charge in [-0.3, -0.25) is 14.1 Å². The van der Waals surface area contributed by atoms with Crippen LogP contribution in [0.25, 0.3) is 21.3 Å². The van der Waals surface area contributed by atoms with Gasteiger partial charge in [-0.1, -0.05) is 23.5 Å². The molecular weight excluding hydrogens is 358 g/mol. The van der Waals surface area contributed by atoms with Gasteiger partial charge in [0.15, 0.2) is 4.96 Å². The van der Waals surface area contributed by atoms with Crippen molar-refractivity contribution in [2.45, 2.75) is 12.3 Å². The van der Waals surface area contributed by atoms with Gasteiger partial charge in [0.1, 0.15) is 11.1 Å². The molecule has 0 aliphatic carbocycles. The number of benzene rings is 1. The SMILES string of the molecule is Cc1cccc2c1sc1nc(C=C3C(=O)N4C(C(=O)O)=CS[C@H]34)cn12. The molecule has 0 radical (unpaired) electrons. The molecular formula is C17H11N3O3S2. The van der Waals surface area contributed by atoms with Gasteiger partial charge in [-0.05, 0) is 24.6 Å². The minimum atomic E-state index is -1.08. The number of hydrogen-bond donors (Lipinski definition) is 1. The fraction of sp³-hybridized carbons (Fsp3) is 0.118. The molecule has 4 heterocycles. The summed E-state index contributed by atoms with van der Waals surface area (Å²) in [5.41, 5.74) is 3.66. The first-order chi connectivity index (χ1) is 12.0. The number of hydrogen-bond acceptors (Lipinski definition) is 5. The summed E-state index contributed by atoms with van der Waals surface area (Å²) < 4.78 is 3.24. The van der Waals surface area contributed by atoms with Gasteiger partial charge in [-0.25, -0.2) is 9.78 Å². The lowest BCUT2D eigenvalue weighted by molar-refractivity contribution is -0.141. The average Bonchev–Trinajstić information content (AvgIpc) is 3.23. The number of β-lactam (4-membered cyclic amide) rings is 1. The zero-order valence-corrected chi connectivity index (χ0v) is 14.6. The lowest BCUT2D eigenvalue weighted by atomic mass is 10.0. The van der Waals surface area contributed by atoms with E-state index in [1.165, 1.54) is 32.3 Å². The van der Waals surface area contributed by atoms with Crippen LogP contribution in [-0.2, 0) is 9.59 Å². The molecule has 124 valence electrons. The molecule has 0 saturated carbocycles. The Bertz CT molecular complexity index is 1150. The number of carbonyl (C=O) groups is 2. The number of carboxylic acid groups (broad SMARTS) is 1. The highest BCUT2D eigenvalue weighted by atomic mass is 32.2. The number of fused-ring (bicyclic) bond motifs is 4. The highest BCUT2D eigenvalue weighted by Gasteiger charge is 2.49. The Morgan fingerprint density at radius 3 is 3.04 bits per heavy atom. The van der Waals surface area contributed by atoms with Crippen LogP contribution in [0.5, 0.6) is 0 Å². The van der Waals surface area contributed by atoms with Gasteiger partial charge in [-0.15, -0.1) is 11.8 Å². The predicted octanol–water partition coefficient (Wildman–Crippen LogP) is 3.08. The first-order valence-corrected chi connectivity index (χ1v) is 9.32. The lowest BCUT2D eigenvalue weighted by Gasteiger charge is -2.36. The van der Waals surface area contributed by atoms with Crippen molar-refractivity contribution in [1.29, 1.82) is 0 Å². The van der Waals surface area contributed by atoms with E-state index in [4.69, 9.17) is 5.11 Å². The zero-order valence-electron chi connectivity index (χ0n) is 13.0. The molecule has 0 unspecified atom stereocenters. The Labute approximate surface area is 150 Å². The summed E-state index contributed by atoms with van der Waals surface area (Å²) in [5.74, 6) is -1.34. The number of nitrogens with zero attached hydrogens (tertiary/aromatic N) is 3. The van der Waals surface area contributed by atoms with E-state index in [9.17, 15) is 9.59 Å². The Balaban J connectivity index is 1.53. The Morgan fingerprint density at radius 2 is 2.24 bits per heavy atom. The van der Waals surface area contributed by atoms with E-state index >= 15 is 0 Å². The van der Waals surface area contributed by atoms with Crippen LogP contribution in [0.15, 0.2) is 41.1 Å². The number of aryl methyl sites for hydroxylation is 1. The summed E-state index contributed by atoms with van der Waals surface area (Å²) in [7, 11) is 0. The van der Waals surface area contributed by atoms with Crippen LogP contribution < -0.4 is 0 Å². The van der Waals surface area contributed by atoms with Crippen molar-refractivity contribution in [2.24, 2.45) is 0 Å². The van der Waals surface area contributed by atoms with Crippen molar-refractivity contribution < 1.29 is 14.7 Å². The van der Waals surface area contributed by atoms with Gasteiger partial charge in [0.05, 0.1) is 21.5 Å². The molecule has 0 bridgehead atoms. The highest BCUT2D eigenvalue weighted by molar-refractivity contribution is 8.03. The Kier molecular flexibility index (Phi) is 2.93. The van der Waals surface area contributed by atoms with Gasteiger partial charge in [0, 0.05) is 11.6 Å². The van der Waals surface area contributed by atoms with E-state index in [0.29, 0.717) is 11.3 Å². The number of rotatable bonds is 2. The van der Waals surface area contributed by atoms with Crippen LogP contribution in [-0.4, -0.2) is 36.6 Å². The van der Waals surface area contributed by atoms with Gasteiger partial charge in [0.25, 0.3) is 5.91 Å². The molecule has 2 aromatic heterocycles. The Morgan fingerprint density at radius 1 is 1.40 bits per heavy atom. The molecule has 5 rings (SSSR count). The number of thiazole rings is 1. The van der Waals surface area contributed by atoms with E-state index in [-0.39, 0.29) is 17.0 Å². The topological polar surface area (TPSA) is 74.9 Å². The van der Waals surface area contributed by atoms with Gasteiger partial charge in [-0.2, -0.15) is 0 Å². The summed E-state index contributed by atoms with van der Waals surface area (Å²) in [4.78, 5) is 30.2. The normalized spacial score (nSPS) is 21.1. The minimum absolute atomic E-state index is 0.0458. The number of aromatic nitrogens is 2. The third-order valence-corrected chi connectivity index (χ3v) is 6.68. The number of imidazole rings is 1. The van der Waals surface area contributed by atoms with E-state index in [1.54, 1.807) is 17.4 Å². The monoisotopic (exact) mass is 369 g/mol. The van der Waals surface area contributed by atoms with Gasteiger partial charge < -0.3 is 5.11 Å². The maximum absolute atomic E-state index is 12.3. The molecule has 6 nitrogen and oxygen atoms in total. The van der Waals surface area contributed by atoms with E-state index < -0.39 is 5.97 Å². The summed E-state index contributed by atoms with van der Waals surface area (Å²) in [6, 6.07) is 6.15. The first kappa shape index (κ1) is 14.7. The van der Waals surface area contributed by atoms with Crippen LogP contribution >= 0.6 is 23.1 Å². The maximum atomic E-state index is 12.3. The van der Waals surface area contributed by atoms with Crippen LogP contribution in [0, 0.1) is 6.92 Å². The fourth-order valence-electron chi connectivity index (χ4n) is 3.17. The lowest BCUT2D eigenvalue weighted by Crippen LogP contribution is -2.51. The third-order valence-electron chi connectivity index (χ3n) is 4.39. The molecule has 8 heteroatoms. The summed E-state index contributed by atoms with van der Waals surface area (Å²) in [6.45, 7) is 2.08. The van der Waals surface area contributed by atoms with Crippen molar-refractivity contribution >= 4 is 56.2 Å². The molecule has 1 atom stereocenters. The minimum Gasteiger partial charge on any atom is -0.477 e. The van der Waals surface area contributed by atoms with Crippen molar-refractivity contribution in [3.8, 4) is 0 Å². The predicted molar refractivity (Wildman–Crippen MR) is 97.2 cm³/mol. The molecule has 2 aliphatic heterocycles. The summed E-state index contributed by atoms with van der Waals surface area (Å²) in [5, 5.41) is 10.4. The van der Waals surface area contributed by atoms with Crippen LogP contribution in [0.4, 0.5) is 0 Å². The molecule has 1 amide bonds. The first-order valence-electron chi connectivity index (χ1n) is 7.56. The van der Waals surface area contributed by atoms with Crippen LogP contribution in [0.2, 0.25) is 0 Å². The molecule has 25 heavy (non-hydrogen) atoms. The number of aliphatic carboxylic acids is 1. The largest absolute Gasteiger partial charge is 0.477 e. The summed E-state index contributed by atoms with van der Waals surface area (Å²) >= 11 is 2.96. The zero-order chi connectivity index (χ0) is 17.3. The average molecular weight is 369 g/mol. The molecule has 0 spiro atoms. The van der Waals surface area contributed by atoms with E-state index in [2.05, 4.69) is 24.0 Å². The number of carboxylic acids is 1. The number of carbonyl (C=O) groups excluding carboxylic acids is 1. The van der Waals surface area contributed by atoms with Gasteiger partial charge in [0.2, 0.25) is 0 Å². The van der Waals surface area contributed by atoms with Crippen LogP contribution in [0.1, 0.15) is 11.3 Å². The van der Waals surface area contributed by atoms with Crippen molar-refractivity contribution in [3.05, 3.63) is 52.3 Å². The molecule has 1 saturated heterocycles. The molecule has 2 aliphatic rings. The maximum Gasteiger partial charge on any atom is 0.353 e. The quantitative estimate of drug-likeness (QED) is 0.555. The molecule has 3 aromatic rings. The van der Waals surface area contributed by atoms with E-state index in [0.717, 1.165) is 10.5 Å². The van der Waals surface area contributed by atoms with Crippen molar-refractivity contribution in [1.82, 2.24) is 14.3 Å². The second kappa shape index (κ2) is 4.96. The molecule has 1 fully saturated rings. The Hall–Kier alpha value is -2.58. The fourth-order valence-corrected chi connectivity index (χ4v) is 5.37. The summed E-state index contributed by atoms with van der Waals surface area (Å²) in [6.07, 6.45) is 3.68. The number of thioether (sulfide) groups is 1. The second-order valence-corrected chi connectivity index (χ2v) is 7.85. The molecule has 1 N–H and O–H groups in total. The van der Waals surface area contributed by atoms with E-state index in [1.807, 2.05) is 16.7 Å². The van der Waals surface area contributed by atoms with Crippen LogP contribution in [0.3, 0.4) is 0 Å². The van der Waals surface area contributed by atoms with Crippen molar-refractivity contribution in [2.75, 3.05) is 0 Å².